The summed E-state index contributed by atoms with van der Waals surface area (Å²) in [6, 6.07) is 8.59. The van der Waals surface area contributed by atoms with E-state index in [1.54, 1.807) is 0 Å². The van der Waals surface area contributed by atoms with Gasteiger partial charge in [-0.15, -0.1) is 0 Å². The lowest BCUT2D eigenvalue weighted by molar-refractivity contribution is -0.275. The minimum absolute atomic E-state index is 0.0230. The molecule has 6 nitrogen and oxygen atoms in total. The maximum absolute atomic E-state index is 14.2. The van der Waals surface area contributed by atoms with Crippen LogP contribution in [-0.4, -0.2) is 23.7 Å². The van der Waals surface area contributed by atoms with Gasteiger partial charge in [-0.1, -0.05) is 34.4 Å². The third-order valence-corrected chi connectivity index (χ3v) is 6.59. The van der Waals surface area contributed by atoms with Crippen LogP contribution in [0.4, 0.5) is 30.7 Å². The lowest BCUT2D eigenvalue weighted by atomic mass is 9.86. The second-order valence-corrected chi connectivity index (χ2v) is 9.79. The van der Waals surface area contributed by atoms with E-state index in [9.17, 15) is 40.3 Å². The van der Waals surface area contributed by atoms with Crippen molar-refractivity contribution in [3.8, 4) is 0 Å². The molecule has 1 aliphatic rings. The van der Waals surface area contributed by atoms with E-state index in [4.69, 9.17) is 28.0 Å². The molecule has 15 heteroatoms. The Morgan fingerprint density at radius 2 is 1.46 bits per heavy atom. The van der Waals surface area contributed by atoms with Gasteiger partial charge in [0.05, 0.1) is 16.8 Å². The number of hydrogen-bond donors (Lipinski definition) is 2. The monoisotopic (exact) mass is 621 g/mol. The quantitative estimate of drug-likeness (QED) is 0.241. The summed E-state index contributed by atoms with van der Waals surface area (Å²) in [5, 5.41) is 3.58. The molecule has 1 unspecified atom stereocenters. The zero-order chi connectivity index (χ0) is 30.3. The second kappa shape index (κ2) is 10.9. The number of rotatable bonds is 4. The van der Waals surface area contributed by atoms with Crippen molar-refractivity contribution in [3.63, 3.8) is 0 Å². The van der Waals surface area contributed by atoms with Gasteiger partial charge in [0.1, 0.15) is 5.82 Å². The van der Waals surface area contributed by atoms with Gasteiger partial charge in [0.15, 0.2) is 0 Å². The SMILES string of the molecule is Cc1cc(C2=NOC(c3cc(Cl)cc(Cl)c3)(C(F)(F)F)C2)ccc1C(=O)NNC(=O)c1ccc(C(F)(F)F)cc1F. The van der Waals surface area contributed by atoms with Crippen LogP contribution < -0.4 is 10.9 Å². The molecule has 0 saturated carbocycles. The highest BCUT2D eigenvalue weighted by Gasteiger charge is 2.62. The summed E-state index contributed by atoms with van der Waals surface area (Å²) in [6.07, 6.45) is -10.5. The molecule has 216 valence electrons. The molecule has 1 atom stereocenters. The average molecular weight is 622 g/mol. The standard InChI is InChI=1S/C26H16Cl2F7N3O3/c1-12-6-13(21-11-24(41-38-21,26(33,34)35)15-7-16(27)10-17(28)8-15)2-4-18(12)22(39)36-37-23(40)19-5-3-14(9-20(19)29)25(30,31)32/h2-10H,11H2,1H3,(H,36,39)(H,37,40). The van der Waals surface area contributed by atoms with Crippen molar-refractivity contribution in [2.45, 2.75) is 31.3 Å². The molecule has 41 heavy (non-hydrogen) atoms. The first-order chi connectivity index (χ1) is 19.0. The second-order valence-electron chi connectivity index (χ2n) is 8.92. The fourth-order valence-electron chi connectivity index (χ4n) is 4.07. The van der Waals surface area contributed by atoms with Gasteiger partial charge in [-0.05, 0) is 66.6 Å². The highest BCUT2D eigenvalue weighted by molar-refractivity contribution is 6.34. The summed E-state index contributed by atoms with van der Waals surface area (Å²) < 4.78 is 94.8. The summed E-state index contributed by atoms with van der Waals surface area (Å²) in [5.74, 6) is -3.57. The van der Waals surface area contributed by atoms with Crippen LogP contribution in [0.1, 0.15) is 49.4 Å². The maximum Gasteiger partial charge on any atom is 0.435 e. The van der Waals surface area contributed by atoms with E-state index in [0.717, 1.165) is 12.1 Å². The molecule has 0 fully saturated rings. The van der Waals surface area contributed by atoms with Gasteiger partial charge in [0.2, 0.25) is 0 Å². The topological polar surface area (TPSA) is 79.8 Å². The molecule has 1 heterocycles. The van der Waals surface area contributed by atoms with Gasteiger partial charge in [-0.25, -0.2) is 4.39 Å². The van der Waals surface area contributed by atoms with Crippen molar-refractivity contribution in [2.24, 2.45) is 5.16 Å². The Hall–Kier alpha value is -3.84. The summed E-state index contributed by atoms with van der Waals surface area (Å²) in [4.78, 5) is 29.7. The Labute approximate surface area is 237 Å². The molecule has 4 rings (SSSR count). The predicted molar refractivity (Wildman–Crippen MR) is 134 cm³/mol. The lowest BCUT2D eigenvalue weighted by Gasteiger charge is -2.29. The average Bonchev–Trinajstić information content (AvgIpc) is 3.33. The zero-order valence-corrected chi connectivity index (χ0v) is 22.0. The van der Waals surface area contributed by atoms with E-state index >= 15 is 0 Å². The summed E-state index contributed by atoms with van der Waals surface area (Å²) >= 11 is 11.8. The molecule has 3 aromatic carbocycles. The molecule has 2 amide bonds. The zero-order valence-electron chi connectivity index (χ0n) is 20.5. The van der Waals surface area contributed by atoms with E-state index in [-0.39, 0.29) is 44.1 Å². The number of hydrogen-bond acceptors (Lipinski definition) is 4. The molecular weight excluding hydrogens is 606 g/mol. The van der Waals surface area contributed by atoms with E-state index < -0.39 is 53.1 Å². The van der Waals surface area contributed by atoms with Crippen LogP contribution in [0.5, 0.6) is 0 Å². The number of nitrogens with one attached hydrogen (secondary N) is 2. The molecule has 2 N–H and O–H groups in total. The fourth-order valence-corrected chi connectivity index (χ4v) is 4.59. The van der Waals surface area contributed by atoms with Crippen molar-refractivity contribution in [3.05, 3.63) is 104 Å². The van der Waals surface area contributed by atoms with Crippen molar-refractivity contribution in [1.29, 1.82) is 0 Å². The minimum Gasteiger partial charge on any atom is -0.374 e. The molecule has 0 spiro atoms. The molecule has 0 bridgehead atoms. The van der Waals surface area contributed by atoms with E-state index in [0.29, 0.717) is 12.1 Å². The number of nitrogens with zero attached hydrogens (tertiary/aromatic N) is 1. The van der Waals surface area contributed by atoms with Gasteiger partial charge >= 0.3 is 12.4 Å². The van der Waals surface area contributed by atoms with Gasteiger partial charge < -0.3 is 4.84 Å². The van der Waals surface area contributed by atoms with Gasteiger partial charge in [0, 0.05) is 27.6 Å². The normalized spacial score (nSPS) is 17.1. The number of hydrazine groups is 1. The highest BCUT2D eigenvalue weighted by Crippen LogP contribution is 2.49. The van der Waals surface area contributed by atoms with Crippen molar-refractivity contribution >= 4 is 40.7 Å². The molecule has 1 aliphatic heterocycles. The number of halogens is 9. The van der Waals surface area contributed by atoms with E-state index in [2.05, 4.69) is 5.16 Å². The Morgan fingerprint density at radius 1 is 0.878 bits per heavy atom. The van der Waals surface area contributed by atoms with Crippen LogP contribution in [-0.2, 0) is 16.6 Å². The first kappa shape index (κ1) is 30.1. The number of oxime groups is 1. The largest absolute Gasteiger partial charge is 0.435 e. The van der Waals surface area contributed by atoms with Crippen LogP contribution in [0, 0.1) is 12.7 Å². The molecule has 0 aliphatic carbocycles. The molecule has 3 aromatic rings. The number of amides is 2. The Bertz CT molecular complexity index is 1550. The van der Waals surface area contributed by atoms with Crippen molar-refractivity contribution < 1.29 is 45.2 Å². The number of benzene rings is 3. The van der Waals surface area contributed by atoms with E-state index in [1.165, 1.54) is 31.2 Å². The van der Waals surface area contributed by atoms with Crippen molar-refractivity contribution in [2.75, 3.05) is 0 Å². The molecule has 0 radical (unpaired) electrons. The number of aryl methyl sites for hydroxylation is 1. The maximum atomic E-state index is 14.2. The Kier molecular flexibility index (Phi) is 7.98. The third-order valence-electron chi connectivity index (χ3n) is 6.15. The molecule has 0 aromatic heterocycles. The van der Waals surface area contributed by atoms with Gasteiger partial charge in [-0.2, -0.15) is 26.3 Å². The minimum atomic E-state index is -4.91. The van der Waals surface area contributed by atoms with Crippen LogP contribution in [0.15, 0.2) is 59.8 Å². The number of carbonyl (C=O) groups excluding carboxylic acids is 2. The smallest absolute Gasteiger partial charge is 0.374 e. The van der Waals surface area contributed by atoms with Crippen LogP contribution in [0.2, 0.25) is 10.0 Å². The van der Waals surface area contributed by atoms with Crippen LogP contribution >= 0.6 is 23.2 Å². The van der Waals surface area contributed by atoms with Crippen LogP contribution in [0.25, 0.3) is 0 Å². The van der Waals surface area contributed by atoms with Crippen molar-refractivity contribution in [1.82, 2.24) is 10.9 Å². The van der Waals surface area contributed by atoms with Gasteiger partial charge in [0.25, 0.3) is 17.4 Å². The fraction of sp³-hybridized carbons (Fsp3) is 0.192. The first-order valence-corrected chi connectivity index (χ1v) is 12.1. The highest BCUT2D eigenvalue weighted by atomic mass is 35.5. The number of carbonyl (C=O) groups is 2. The lowest BCUT2D eigenvalue weighted by Crippen LogP contribution is -2.42. The third kappa shape index (κ3) is 6.10. The Morgan fingerprint density at radius 3 is 2.00 bits per heavy atom. The summed E-state index contributed by atoms with van der Waals surface area (Å²) in [7, 11) is 0. The molecule has 0 saturated heterocycles. The Balaban J connectivity index is 1.48. The first-order valence-electron chi connectivity index (χ1n) is 11.4. The predicted octanol–water partition coefficient (Wildman–Crippen LogP) is 7.12. The number of alkyl halides is 6. The van der Waals surface area contributed by atoms with E-state index in [1.807, 2.05) is 10.9 Å². The summed E-state index contributed by atoms with van der Waals surface area (Å²) in [5.41, 5.74) is -1.01. The molecular formula is C26H16Cl2F7N3O3. The summed E-state index contributed by atoms with van der Waals surface area (Å²) in [6.45, 7) is 1.46. The van der Waals surface area contributed by atoms with Crippen LogP contribution in [0.3, 0.4) is 0 Å². The van der Waals surface area contributed by atoms with Gasteiger partial charge in [-0.3, -0.25) is 20.4 Å².